The Morgan fingerprint density at radius 3 is 2.38 bits per heavy atom. The Morgan fingerprint density at radius 2 is 1.74 bits per heavy atom. The molecule has 0 radical (unpaired) electrons. The third-order valence-corrected chi connectivity index (χ3v) is 13.1. The van der Waals surface area contributed by atoms with Crippen molar-refractivity contribution in [3.8, 4) is 0 Å². The number of thioether (sulfide) groups is 1. The van der Waals surface area contributed by atoms with Gasteiger partial charge in [-0.25, -0.2) is 28.6 Å². The molecule has 3 heterocycles. The Bertz CT molecular complexity index is 1990. The Kier molecular flexibility index (Phi) is 19.4. The highest BCUT2D eigenvalue weighted by atomic mass is 32.2. The van der Waals surface area contributed by atoms with E-state index in [0.29, 0.717) is 0 Å². The number of anilines is 1. The van der Waals surface area contributed by atoms with Gasteiger partial charge in [0.15, 0.2) is 22.8 Å². The summed E-state index contributed by atoms with van der Waals surface area (Å²) in [5, 5.41) is 37.2. The molecule has 9 atom stereocenters. The fourth-order valence-corrected chi connectivity index (χ4v) is 9.37. The number of nitrogen functional groups attached to an aromatic ring is 1. The van der Waals surface area contributed by atoms with E-state index in [4.69, 9.17) is 19.5 Å². The van der Waals surface area contributed by atoms with E-state index < -0.39 is 102 Å². The molecular formula is C31H51N7O19P3S-. The Morgan fingerprint density at radius 1 is 1.07 bits per heavy atom. The van der Waals surface area contributed by atoms with Gasteiger partial charge in [0, 0.05) is 30.7 Å². The molecule has 2 aromatic heterocycles. The number of imidazole rings is 1. The number of hydrogen-bond donors (Lipinski definition) is 9. The molecule has 0 saturated carbocycles. The number of unbranched alkanes of at least 4 members (excludes halogenated alkanes) is 1. The molecule has 3 rings (SSSR count). The second-order valence-corrected chi connectivity index (χ2v) is 19.9. The summed E-state index contributed by atoms with van der Waals surface area (Å²) >= 11 is 0.752. The summed E-state index contributed by atoms with van der Waals surface area (Å²) in [5.41, 5.74) is 4.19. The summed E-state index contributed by atoms with van der Waals surface area (Å²) in [7, 11) is -16.5. The van der Waals surface area contributed by atoms with Crippen LogP contribution in [0.5, 0.6) is 0 Å². The van der Waals surface area contributed by atoms with Crippen molar-refractivity contribution in [2.45, 2.75) is 90.4 Å². The average molecular weight is 951 g/mol. The van der Waals surface area contributed by atoms with Crippen LogP contribution in [0.1, 0.15) is 66.0 Å². The van der Waals surface area contributed by atoms with Crippen molar-refractivity contribution in [3.63, 3.8) is 0 Å². The monoisotopic (exact) mass is 950 g/mol. The van der Waals surface area contributed by atoms with E-state index in [9.17, 15) is 67.8 Å². The van der Waals surface area contributed by atoms with Gasteiger partial charge in [-0.3, -0.25) is 32.5 Å². The zero-order chi connectivity index (χ0) is 45.9. The van der Waals surface area contributed by atoms with Gasteiger partial charge in [-0.05, 0) is 12.3 Å². The van der Waals surface area contributed by atoms with E-state index >= 15 is 0 Å². The number of aliphatic hydroxyl groups excluding tert-OH is 2. The SMILES string of the molecule is CCCCC(C)CC(C(=O)[O-])C(=O)SCCNC(=O)CCNC(=O)C(O)C(C)(C)COP(=O)(O)OP(=O)(O)OCC1OC(n2cnc3c(N)ncnc32)C(O)C1OP(=O)(O)O. The molecule has 1 fully saturated rings. The van der Waals surface area contributed by atoms with Gasteiger partial charge in [-0.2, -0.15) is 4.31 Å². The number of nitrogens with two attached hydrogens (primary N) is 1. The lowest BCUT2D eigenvalue weighted by Crippen LogP contribution is -2.46. The van der Waals surface area contributed by atoms with E-state index in [2.05, 4.69) is 34.4 Å². The number of carbonyl (C=O) groups excluding carboxylic acids is 4. The fraction of sp³-hybridized carbons (Fsp3) is 0.710. The molecule has 346 valence electrons. The zero-order valence-electron chi connectivity index (χ0n) is 33.4. The van der Waals surface area contributed by atoms with Crippen molar-refractivity contribution >= 4 is 75.1 Å². The standard InChI is InChI=1S/C31H52N7O19P3S/c1-5-6-7-17(2)12-18(29(43)44)30(45)61-11-10-33-20(39)8-9-34-27(42)24(41)31(3,4)14-54-60(51,52)57-59(49,50)53-13-19-23(56-58(46,47)48)22(40)28(55-19)38-16-37-21-25(32)35-15-36-26(21)38/h15-19,22-24,28,40-41H,5-14H2,1-4H3,(H,33,39)(H,34,42)(H,43,44)(H,49,50)(H,51,52)(H2,32,35,36)(H2,46,47,48)/p-1. The minimum atomic E-state index is -5.60. The summed E-state index contributed by atoms with van der Waals surface area (Å²) in [4.78, 5) is 99.8. The normalized spacial score (nSPS) is 21.9. The van der Waals surface area contributed by atoms with E-state index in [1.54, 1.807) is 0 Å². The van der Waals surface area contributed by atoms with Crippen molar-refractivity contribution in [1.82, 2.24) is 30.2 Å². The molecule has 1 aliphatic rings. The molecule has 0 bridgehead atoms. The van der Waals surface area contributed by atoms with Crippen LogP contribution in [-0.2, 0) is 55.5 Å². The molecule has 0 spiro atoms. The minimum absolute atomic E-state index is 0.0102. The van der Waals surface area contributed by atoms with Crippen LogP contribution in [-0.4, -0.2) is 129 Å². The highest BCUT2D eigenvalue weighted by Crippen LogP contribution is 2.61. The molecular weight excluding hydrogens is 899 g/mol. The molecule has 61 heavy (non-hydrogen) atoms. The first-order chi connectivity index (χ1) is 28.3. The predicted octanol–water partition coefficient (Wildman–Crippen LogP) is -0.753. The van der Waals surface area contributed by atoms with Gasteiger partial charge in [-0.1, -0.05) is 58.7 Å². The number of phosphoric ester groups is 3. The topological polar surface area (TPSA) is 404 Å². The summed E-state index contributed by atoms with van der Waals surface area (Å²) < 4.78 is 62.2. The molecule has 0 aromatic carbocycles. The summed E-state index contributed by atoms with van der Waals surface area (Å²) in [6.07, 6.45) is -4.38. The van der Waals surface area contributed by atoms with Crippen molar-refractivity contribution in [2.75, 3.05) is 37.8 Å². The number of aliphatic hydroxyl groups is 2. The Hall–Kier alpha value is -2.97. The number of ether oxygens (including phenoxy) is 1. The second-order valence-electron chi connectivity index (χ2n) is 14.6. The molecule has 0 aliphatic carbocycles. The van der Waals surface area contributed by atoms with Crippen molar-refractivity contribution in [1.29, 1.82) is 0 Å². The van der Waals surface area contributed by atoms with Crippen LogP contribution in [0.25, 0.3) is 11.2 Å². The number of nitrogens with zero attached hydrogens (tertiary/aromatic N) is 4. The number of carbonyl (C=O) groups is 4. The van der Waals surface area contributed by atoms with E-state index in [1.165, 1.54) is 13.8 Å². The average Bonchev–Trinajstić information content (AvgIpc) is 3.72. The maximum Gasteiger partial charge on any atom is 0.481 e. The van der Waals surface area contributed by atoms with Gasteiger partial charge >= 0.3 is 23.5 Å². The molecule has 30 heteroatoms. The molecule has 2 amide bonds. The molecule has 2 aromatic rings. The highest BCUT2D eigenvalue weighted by molar-refractivity contribution is 8.13. The quantitative estimate of drug-likeness (QED) is 0.0318. The van der Waals surface area contributed by atoms with Crippen LogP contribution in [0.3, 0.4) is 0 Å². The lowest BCUT2D eigenvalue weighted by molar-refractivity contribution is -0.310. The van der Waals surface area contributed by atoms with Crippen LogP contribution in [0.4, 0.5) is 5.82 Å². The number of hydrogen-bond acceptors (Lipinski definition) is 20. The number of amides is 2. The number of nitrogens with one attached hydrogen (secondary N) is 2. The number of aromatic nitrogens is 4. The minimum Gasteiger partial charge on any atom is -0.549 e. The van der Waals surface area contributed by atoms with Crippen molar-refractivity contribution in [3.05, 3.63) is 12.7 Å². The van der Waals surface area contributed by atoms with Crippen LogP contribution >= 0.6 is 35.2 Å². The lowest BCUT2D eigenvalue weighted by Gasteiger charge is -2.30. The maximum atomic E-state index is 12.7. The van der Waals surface area contributed by atoms with Crippen LogP contribution in [0.15, 0.2) is 12.7 Å². The number of phosphoric acid groups is 3. The molecule has 1 saturated heterocycles. The van der Waals surface area contributed by atoms with Crippen LogP contribution < -0.4 is 21.5 Å². The van der Waals surface area contributed by atoms with E-state index in [-0.39, 0.29) is 54.6 Å². The number of carboxylic acids is 1. The van der Waals surface area contributed by atoms with Crippen molar-refractivity contribution in [2.24, 2.45) is 17.3 Å². The zero-order valence-corrected chi connectivity index (χ0v) is 36.9. The molecule has 26 nitrogen and oxygen atoms in total. The Labute approximate surface area is 353 Å². The lowest BCUT2D eigenvalue weighted by atomic mass is 9.87. The van der Waals surface area contributed by atoms with Gasteiger partial charge in [0.2, 0.25) is 11.8 Å². The summed E-state index contributed by atoms with van der Waals surface area (Å²) in [6, 6.07) is 0. The predicted molar refractivity (Wildman–Crippen MR) is 209 cm³/mol. The summed E-state index contributed by atoms with van der Waals surface area (Å²) in [6.45, 7) is 3.97. The number of fused-ring (bicyclic) bond motifs is 1. The first-order valence-electron chi connectivity index (χ1n) is 18.5. The smallest absolute Gasteiger partial charge is 0.481 e. The molecule has 1 aliphatic heterocycles. The van der Waals surface area contributed by atoms with Gasteiger partial charge < -0.3 is 60.8 Å². The maximum absolute atomic E-state index is 12.7. The first kappa shape index (κ1) is 52.4. The third-order valence-electron chi connectivity index (χ3n) is 9.00. The second kappa shape index (κ2) is 22.6. The number of rotatable bonds is 26. The van der Waals surface area contributed by atoms with Gasteiger partial charge in [-0.15, -0.1) is 0 Å². The molecule has 10 N–H and O–H groups in total. The van der Waals surface area contributed by atoms with Crippen molar-refractivity contribution < 1.29 is 90.4 Å². The summed E-state index contributed by atoms with van der Waals surface area (Å²) in [5.74, 6) is -4.26. The number of carboxylic acid groups (broad SMARTS) is 1. The third kappa shape index (κ3) is 16.3. The van der Waals surface area contributed by atoms with E-state index in [0.717, 1.165) is 48.2 Å². The largest absolute Gasteiger partial charge is 0.549 e. The number of aliphatic carboxylic acids is 1. The molecule has 9 unspecified atom stereocenters. The fourth-order valence-electron chi connectivity index (χ4n) is 5.74. The highest BCUT2D eigenvalue weighted by Gasteiger charge is 2.50. The van der Waals surface area contributed by atoms with Gasteiger partial charge in [0.25, 0.3) is 0 Å². The van der Waals surface area contributed by atoms with Gasteiger partial charge in [0.1, 0.15) is 36.3 Å². The van der Waals surface area contributed by atoms with Crippen LogP contribution in [0, 0.1) is 17.3 Å². The van der Waals surface area contributed by atoms with Crippen LogP contribution in [0.2, 0.25) is 0 Å². The first-order valence-corrected chi connectivity index (χ1v) is 24.0. The van der Waals surface area contributed by atoms with E-state index in [1.807, 2.05) is 13.8 Å². The van der Waals surface area contributed by atoms with Gasteiger partial charge in [0.05, 0.1) is 31.4 Å². The Balaban J connectivity index is 1.46.